The van der Waals surface area contributed by atoms with Crippen molar-refractivity contribution in [1.82, 2.24) is 4.90 Å². The molecule has 0 saturated heterocycles. The summed E-state index contributed by atoms with van der Waals surface area (Å²) < 4.78 is 11.8. The first-order chi connectivity index (χ1) is 32.0. The molecule has 0 aliphatic rings. The molecule has 65 heavy (non-hydrogen) atoms. The first-order valence-corrected chi connectivity index (χ1v) is 28.4. The number of unbranched alkanes of at least 4 members (excludes halogenated alkanes) is 24. The predicted octanol–water partition coefficient (Wildman–Crippen LogP) is 16.2. The molecule has 0 fully saturated rings. The lowest BCUT2D eigenvalue weighted by atomic mass is 9.94. The number of para-hydroxylation sites is 1. The van der Waals surface area contributed by atoms with Gasteiger partial charge in [0.2, 0.25) is 0 Å². The van der Waals surface area contributed by atoms with Gasteiger partial charge in [0.15, 0.2) is 0 Å². The van der Waals surface area contributed by atoms with Gasteiger partial charge in [-0.25, -0.2) is 0 Å². The summed E-state index contributed by atoms with van der Waals surface area (Å²) in [4.78, 5) is 30.5. The van der Waals surface area contributed by atoms with Gasteiger partial charge in [0.05, 0.1) is 19.8 Å². The second kappa shape index (κ2) is 47.0. The van der Waals surface area contributed by atoms with E-state index in [4.69, 9.17) is 9.47 Å². The molecule has 0 radical (unpaired) electrons. The molecule has 7 nitrogen and oxygen atoms in total. The second-order valence-electron chi connectivity index (χ2n) is 19.8. The average molecular weight is 914 g/mol. The lowest BCUT2D eigenvalue weighted by molar-refractivity contribution is -0.146. The molecule has 0 atom stereocenters. The normalized spacial score (nSPS) is 11.6. The van der Waals surface area contributed by atoms with Gasteiger partial charge in [-0.15, -0.1) is 0 Å². The van der Waals surface area contributed by atoms with Crippen LogP contribution in [0.15, 0.2) is 30.3 Å². The Kier molecular flexibility index (Phi) is 44.0. The lowest BCUT2D eigenvalue weighted by Gasteiger charge is -2.29. The largest absolute Gasteiger partial charge is 0.465 e. The van der Waals surface area contributed by atoms with Crippen molar-refractivity contribution in [3.8, 4) is 0 Å². The third kappa shape index (κ3) is 38.5. The molecule has 0 aliphatic carbocycles. The van der Waals surface area contributed by atoms with Crippen molar-refractivity contribution in [3.63, 3.8) is 0 Å². The van der Waals surface area contributed by atoms with E-state index in [1.54, 1.807) is 0 Å². The maximum Gasteiger partial charge on any atom is 0.305 e. The van der Waals surface area contributed by atoms with Crippen molar-refractivity contribution >= 4 is 17.6 Å². The number of hydrogen-bond donors (Lipinski definition) is 1. The third-order valence-corrected chi connectivity index (χ3v) is 13.7. The Balaban J connectivity index is 2.47. The van der Waals surface area contributed by atoms with Crippen LogP contribution in [0.5, 0.6) is 0 Å². The predicted molar refractivity (Wildman–Crippen MR) is 280 cm³/mol. The van der Waals surface area contributed by atoms with E-state index in [1.807, 2.05) is 0 Å². The number of aliphatic hydroxyl groups excluding tert-OH is 1. The fourth-order valence-electron chi connectivity index (χ4n) is 9.32. The van der Waals surface area contributed by atoms with E-state index in [9.17, 15) is 14.7 Å². The van der Waals surface area contributed by atoms with Crippen LogP contribution in [0.2, 0.25) is 0 Å². The molecule has 0 aliphatic heterocycles. The van der Waals surface area contributed by atoms with Crippen LogP contribution in [0.4, 0.5) is 5.69 Å². The number of aliphatic hydroxyl groups is 1. The topological polar surface area (TPSA) is 79.3 Å². The molecule has 0 unspecified atom stereocenters. The Hall–Kier alpha value is -2.12. The minimum absolute atomic E-state index is 0.0245. The van der Waals surface area contributed by atoms with Crippen LogP contribution in [0, 0.1) is 11.8 Å². The number of hydrogen-bond acceptors (Lipinski definition) is 7. The molecule has 7 heteroatoms. The van der Waals surface area contributed by atoms with E-state index < -0.39 is 0 Å². The van der Waals surface area contributed by atoms with E-state index in [1.165, 1.54) is 185 Å². The summed E-state index contributed by atoms with van der Waals surface area (Å²) in [6.45, 7) is 14.7. The Morgan fingerprint density at radius 3 is 1.20 bits per heavy atom. The molecule has 1 N–H and O–H groups in total. The van der Waals surface area contributed by atoms with Crippen LogP contribution in [0.1, 0.15) is 259 Å². The molecule has 0 amide bonds. The van der Waals surface area contributed by atoms with Crippen LogP contribution < -0.4 is 4.90 Å². The number of carbonyl (C=O) groups is 2. The summed E-state index contributed by atoms with van der Waals surface area (Å²) >= 11 is 0. The second-order valence-corrected chi connectivity index (χ2v) is 19.8. The van der Waals surface area contributed by atoms with E-state index in [-0.39, 0.29) is 18.5 Å². The van der Waals surface area contributed by atoms with Crippen molar-refractivity contribution in [1.29, 1.82) is 0 Å². The smallest absolute Gasteiger partial charge is 0.305 e. The highest BCUT2D eigenvalue weighted by molar-refractivity contribution is 5.69. The Morgan fingerprint density at radius 1 is 0.431 bits per heavy atom. The van der Waals surface area contributed by atoms with Gasteiger partial charge < -0.3 is 19.5 Å². The highest BCUT2D eigenvalue weighted by Crippen LogP contribution is 2.22. The number of ether oxygens (including phenoxy) is 2. The zero-order valence-electron chi connectivity index (χ0n) is 43.6. The standard InChI is InChI=1S/C58H108N2O5/c1-5-9-13-17-21-28-38-54(39-29-22-18-14-10-6-2)52-64-57(62)44-34-26-36-46-59(50-51-61)48-49-60(56-42-32-25-33-43-56)47-37-27-35-45-58(63)65-53-55(40-30-23-19-15-11-7-3)41-31-24-20-16-12-8-4/h25,32-33,42-43,54-55,61H,5-24,26-31,34-41,44-53H2,1-4H3. The van der Waals surface area contributed by atoms with E-state index in [0.717, 1.165) is 64.7 Å². The lowest BCUT2D eigenvalue weighted by Crippen LogP contribution is -2.37. The fraction of sp³-hybridized carbons (Fsp3) is 0.862. The first-order valence-electron chi connectivity index (χ1n) is 28.4. The molecule has 0 spiro atoms. The molecule has 1 aromatic rings. The minimum Gasteiger partial charge on any atom is -0.465 e. The minimum atomic E-state index is -0.0326. The zero-order valence-corrected chi connectivity index (χ0v) is 43.6. The fourth-order valence-corrected chi connectivity index (χ4v) is 9.32. The van der Waals surface area contributed by atoms with Gasteiger partial charge >= 0.3 is 11.9 Å². The van der Waals surface area contributed by atoms with Crippen molar-refractivity contribution in [2.45, 2.75) is 259 Å². The number of anilines is 1. The molecule has 0 bridgehead atoms. The molecule has 380 valence electrons. The van der Waals surface area contributed by atoms with Gasteiger partial charge in [-0.2, -0.15) is 0 Å². The van der Waals surface area contributed by atoms with E-state index in [0.29, 0.717) is 44.4 Å². The quantitative estimate of drug-likeness (QED) is 0.0515. The SMILES string of the molecule is CCCCCCCCC(CCCCCCCC)COC(=O)CCCCCN(CCO)CCN(CCCCCC(=O)OCC(CCCCCCCC)CCCCCCCC)c1ccccc1. The molecule has 0 heterocycles. The van der Waals surface area contributed by atoms with Gasteiger partial charge in [0.25, 0.3) is 0 Å². The monoisotopic (exact) mass is 913 g/mol. The maximum atomic E-state index is 12.9. The van der Waals surface area contributed by atoms with Crippen molar-refractivity contribution < 1.29 is 24.2 Å². The highest BCUT2D eigenvalue weighted by atomic mass is 16.5. The summed E-state index contributed by atoms with van der Waals surface area (Å²) in [6, 6.07) is 10.6. The Labute approximate surface area is 403 Å². The van der Waals surface area contributed by atoms with Crippen LogP contribution in [-0.4, -0.2) is 74.5 Å². The summed E-state index contributed by atoms with van der Waals surface area (Å²) in [5, 5.41) is 9.91. The maximum absolute atomic E-state index is 12.9. The summed E-state index contributed by atoms with van der Waals surface area (Å²) in [6.07, 6.45) is 43.0. The van der Waals surface area contributed by atoms with Gasteiger partial charge in [-0.1, -0.05) is 213 Å². The van der Waals surface area contributed by atoms with Crippen LogP contribution in [0.3, 0.4) is 0 Å². The van der Waals surface area contributed by atoms with Crippen molar-refractivity contribution in [2.75, 3.05) is 57.4 Å². The molecule has 0 saturated carbocycles. The molecule has 1 rings (SSSR count). The molecular weight excluding hydrogens is 805 g/mol. The number of nitrogens with zero attached hydrogens (tertiary/aromatic N) is 2. The zero-order chi connectivity index (χ0) is 47.1. The molecular formula is C58H108N2O5. The van der Waals surface area contributed by atoms with Crippen molar-refractivity contribution in [2.24, 2.45) is 11.8 Å². The summed E-state index contributed by atoms with van der Waals surface area (Å²) in [5.41, 5.74) is 1.22. The molecule has 0 aromatic heterocycles. The number of rotatable bonds is 50. The van der Waals surface area contributed by atoms with Crippen LogP contribution in [-0.2, 0) is 19.1 Å². The van der Waals surface area contributed by atoms with Crippen LogP contribution in [0.25, 0.3) is 0 Å². The summed E-state index contributed by atoms with van der Waals surface area (Å²) in [5.74, 6) is 0.953. The van der Waals surface area contributed by atoms with Crippen molar-refractivity contribution in [3.05, 3.63) is 30.3 Å². The number of benzene rings is 1. The Morgan fingerprint density at radius 2 is 0.800 bits per heavy atom. The number of esters is 2. The third-order valence-electron chi connectivity index (χ3n) is 13.7. The Bertz CT molecular complexity index is 1120. The molecule has 1 aromatic carbocycles. The number of carbonyl (C=O) groups excluding carboxylic acids is 2. The first kappa shape index (κ1) is 60.9. The van der Waals surface area contributed by atoms with Gasteiger partial charge in [-0.3, -0.25) is 14.5 Å². The highest BCUT2D eigenvalue weighted by Gasteiger charge is 2.15. The van der Waals surface area contributed by atoms with Gasteiger partial charge in [-0.05, 0) is 81.9 Å². The van der Waals surface area contributed by atoms with Gasteiger partial charge in [0, 0.05) is 44.7 Å². The van der Waals surface area contributed by atoms with E-state index in [2.05, 4.69) is 67.8 Å². The van der Waals surface area contributed by atoms with E-state index >= 15 is 0 Å². The van der Waals surface area contributed by atoms with Crippen LogP contribution >= 0.6 is 0 Å². The summed E-state index contributed by atoms with van der Waals surface area (Å²) in [7, 11) is 0. The van der Waals surface area contributed by atoms with Gasteiger partial charge in [0.1, 0.15) is 0 Å². The average Bonchev–Trinajstić information content (AvgIpc) is 3.32.